The molecule has 1 aliphatic rings. The van der Waals surface area contributed by atoms with Crippen molar-refractivity contribution in [2.24, 2.45) is 0 Å². The molecule has 212 valence electrons. The summed E-state index contributed by atoms with van der Waals surface area (Å²) in [6.45, 7) is 11.8. The number of benzene rings is 4. The Morgan fingerprint density at radius 2 is 1.40 bits per heavy atom. The third-order valence-electron chi connectivity index (χ3n) is 6.60. The zero-order valence-electron chi connectivity index (χ0n) is 23.5. The maximum Gasteiger partial charge on any atom is -1.00 e. The van der Waals surface area contributed by atoms with Gasteiger partial charge in [-0.05, 0) is 12.0 Å². The van der Waals surface area contributed by atoms with E-state index in [0.717, 1.165) is 50.6 Å². The molecule has 0 aromatic heterocycles. The van der Waals surface area contributed by atoms with Crippen LogP contribution in [0.5, 0.6) is 0 Å². The van der Waals surface area contributed by atoms with E-state index in [9.17, 15) is 8.78 Å². The molecule has 0 fully saturated rings. The molecule has 0 heterocycles. The van der Waals surface area contributed by atoms with Crippen molar-refractivity contribution >= 4 is 15.4 Å². The van der Waals surface area contributed by atoms with Crippen LogP contribution in [0.2, 0.25) is 0 Å². The van der Waals surface area contributed by atoms with E-state index in [-0.39, 0.29) is 36.4 Å². The minimum absolute atomic E-state index is 0. The fourth-order valence-electron chi connectivity index (χ4n) is 4.54. The van der Waals surface area contributed by atoms with Crippen LogP contribution in [-0.4, -0.2) is 3.21 Å². The van der Waals surface area contributed by atoms with E-state index < -0.39 is 0 Å². The van der Waals surface area contributed by atoms with Gasteiger partial charge in [0.05, 0.1) is 0 Å². The maximum atomic E-state index is 13.0. The molecule has 0 bridgehead atoms. The van der Waals surface area contributed by atoms with E-state index in [1.54, 1.807) is 12.1 Å². The molecule has 5 aromatic rings. The summed E-state index contributed by atoms with van der Waals surface area (Å²) in [6, 6.07) is 33.2. The van der Waals surface area contributed by atoms with Crippen molar-refractivity contribution in [2.75, 3.05) is 0 Å². The van der Waals surface area contributed by atoms with E-state index in [1.807, 2.05) is 30.4 Å². The molecule has 0 spiro atoms. The van der Waals surface area contributed by atoms with Crippen molar-refractivity contribution < 1.29 is 57.8 Å². The van der Waals surface area contributed by atoms with Crippen LogP contribution >= 0.6 is 0 Å². The summed E-state index contributed by atoms with van der Waals surface area (Å²) in [5.74, 6) is -0.539. The summed E-state index contributed by atoms with van der Waals surface area (Å²) in [4.78, 5) is 0. The van der Waals surface area contributed by atoms with Gasteiger partial charge in [-0.15, -0.1) is 23.8 Å². The van der Waals surface area contributed by atoms with Gasteiger partial charge in [0, 0.05) is 0 Å². The molecule has 0 atom stereocenters. The van der Waals surface area contributed by atoms with Crippen LogP contribution in [0.4, 0.5) is 8.78 Å². The van der Waals surface area contributed by atoms with Gasteiger partial charge < -0.3 is 24.8 Å². The Balaban J connectivity index is 0.000000231. The van der Waals surface area contributed by atoms with Crippen molar-refractivity contribution in [1.82, 2.24) is 0 Å². The molecule has 0 saturated carbocycles. The molecule has 0 saturated heterocycles. The quantitative estimate of drug-likeness (QED) is 0.252. The van der Waals surface area contributed by atoms with E-state index in [2.05, 4.69) is 75.5 Å². The molecule has 0 radical (unpaired) electrons. The normalized spacial score (nSPS) is 10.2. The van der Waals surface area contributed by atoms with Gasteiger partial charge in [-0.2, -0.15) is 41.5 Å². The van der Waals surface area contributed by atoms with Gasteiger partial charge in [-0.1, -0.05) is 55.8 Å². The Hall–Kier alpha value is -3.10. The summed E-state index contributed by atoms with van der Waals surface area (Å²) in [5.41, 5.74) is 11.9. The van der Waals surface area contributed by atoms with Crippen molar-refractivity contribution in [3.05, 3.63) is 172 Å². The number of halogens is 4. The molecular weight excluding hydrogens is 645 g/mol. The van der Waals surface area contributed by atoms with Crippen LogP contribution < -0.4 is 24.8 Å². The summed E-state index contributed by atoms with van der Waals surface area (Å²) >= 11 is 1.13. The van der Waals surface area contributed by atoms with Crippen LogP contribution in [0.25, 0.3) is 23.3 Å². The Morgan fingerprint density at radius 3 is 1.88 bits per heavy atom. The van der Waals surface area contributed by atoms with Crippen LogP contribution in [0, 0.1) is 31.5 Å². The van der Waals surface area contributed by atoms with E-state index >= 15 is 0 Å². The largest absolute Gasteiger partial charge is 1.00 e. The third kappa shape index (κ3) is 9.20. The molecule has 0 unspecified atom stereocenters. The molecule has 1 aliphatic carbocycles. The first kappa shape index (κ1) is 35.1. The predicted octanol–water partition coefficient (Wildman–Crippen LogP) is 3.45. The molecule has 42 heavy (non-hydrogen) atoms. The van der Waals surface area contributed by atoms with Crippen molar-refractivity contribution in [3.8, 4) is 11.1 Å². The van der Waals surface area contributed by atoms with E-state index in [4.69, 9.17) is 0 Å². The summed E-state index contributed by atoms with van der Waals surface area (Å²) in [5, 5.41) is 0. The average molecular weight is 675 g/mol. The van der Waals surface area contributed by atoms with Crippen LogP contribution in [0.3, 0.4) is 0 Å². The van der Waals surface area contributed by atoms with E-state index in [1.165, 1.54) is 63.2 Å². The fourth-order valence-corrected chi connectivity index (χ4v) is 5.30. The molecule has 0 amide bonds. The Labute approximate surface area is 275 Å². The van der Waals surface area contributed by atoms with Gasteiger partial charge in [0.1, 0.15) is 0 Å². The van der Waals surface area contributed by atoms with Crippen molar-refractivity contribution in [1.29, 1.82) is 0 Å². The van der Waals surface area contributed by atoms with Gasteiger partial charge in [0.25, 0.3) is 0 Å². The minimum Gasteiger partial charge on any atom is -1.00 e. The molecule has 0 aliphatic heterocycles. The Bertz CT molecular complexity index is 1560. The molecule has 5 aromatic carbocycles. The van der Waals surface area contributed by atoms with Gasteiger partial charge >= 0.3 is 108 Å². The molecule has 0 N–H and O–H groups in total. The number of rotatable bonds is 4. The standard InChI is InChI=1S/C17H13.C13H8F2.C7H9.2ClH.Zr/c1-3-12-5-7-14-11-15-8-6-13(4-2)10-17(15)16(14)9-12;14-12-5-1-3-10(8-12)7-11-4-2-6-13(15)9-11;1-6-3-4-7(2)5-6;;;/h3-7,9-10H,1-2,11H2;1-6,8-9H;3-5H,1-2H3;2*1H;/q-1;;-1;;;+2/p-2. The maximum absolute atomic E-state index is 13.0. The zero-order chi connectivity index (χ0) is 28.6. The minimum atomic E-state index is -0.270. The van der Waals surface area contributed by atoms with Gasteiger partial charge in [-0.25, -0.2) is 11.6 Å². The predicted molar refractivity (Wildman–Crippen MR) is 161 cm³/mol. The number of hydrogen-bond acceptors (Lipinski definition) is 0. The Morgan fingerprint density at radius 1 is 0.810 bits per heavy atom. The third-order valence-corrected chi connectivity index (χ3v) is 8.02. The van der Waals surface area contributed by atoms with Crippen LogP contribution in [-0.2, 0) is 30.7 Å². The van der Waals surface area contributed by atoms with Crippen molar-refractivity contribution in [2.45, 2.75) is 20.3 Å². The van der Waals surface area contributed by atoms with Gasteiger partial charge in [0.2, 0.25) is 0 Å². The number of aryl methyl sites for hydroxylation is 2. The molecule has 0 nitrogen and oxygen atoms in total. The van der Waals surface area contributed by atoms with Gasteiger partial charge in [-0.3, -0.25) is 0 Å². The smallest absolute Gasteiger partial charge is 1.00 e. The first-order valence-corrected chi connectivity index (χ1v) is 14.2. The van der Waals surface area contributed by atoms with Crippen molar-refractivity contribution in [3.63, 3.8) is 0 Å². The SMILES string of the molecule is C=Cc1c[c-]c2c(c1)-c1cc(C=C)ccc1C2.Cc1c[cH-]c(C)c1.Fc1cccc([C](=[Zr+2])c2cccc(F)c2)c1.[Cl-].[Cl-]. The second-order valence-corrected chi connectivity index (χ2v) is 10.9. The van der Waals surface area contributed by atoms with Crippen LogP contribution in [0.15, 0.2) is 110 Å². The topological polar surface area (TPSA) is 0 Å². The molecule has 5 heteroatoms. The second kappa shape index (κ2) is 16.5. The molecule has 6 rings (SSSR count). The second-order valence-electron chi connectivity index (χ2n) is 9.69. The average Bonchev–Trinajstić information content (AvgIpc) is 3.53. The first-order valence-electron chi connectivity index (χ1n) is 13.0. The number of hydrogen-bond donors (Lipinski definition) is 0. The Kier molecular flexibility index (Phi) is 13.8. The molecular formula is C37H30Cl2F2Zr-2. The summed E-state index contributed by atoms with van der Waals surface area (Å²) < 4.78 is 27.0. The zero-order valence-corrected chi connectivity index (χ0v) is 27.5. The van der Waals surface area contributed by atoms with E-state index in [0.29, 0.717) is 0 Å². The number of fused-ring (bicyclic) bond motifs is 3. The van der Waals surface area contributed by atoms with Crippen LogP contribution in [0.1, 0.15) is 44.5 Å². The fraction of sp³-hybridized carbons (Fsp3) is 0.0811. The summed E-state index contributed by atoms with van der Waals surface area (Å²) in [6.07, 6.45) is 4.74. The first-order chi connectivity index (χ1) is 19.3. The summed E-state index contributed by atoms with van der Waals surface area (Å²) in [7, 11) is 0. The van der Waals surface area contributed by atoms with Gasteiger partial charge in [0.15, 0.2) is 0 Å². The monoisotopic (exact) mass is 672 g/mol.